The molecule has 4 nitrogen and oxygen atoms in total. The molecule has 3 atom stereocenters. The maximum absolute atomic E-state index is 9.75. The molecule has 1 N–H and O–H groups in total. The van der Waals surface area contributed by atoms with Gasteiger partial charge in [-0.3, -0.25) is 4.68 Å². The van der Waals surface area contributed by atoms with E-state index in [-0.39, 0.29) is 6.10 Å². The number of rotatable bonds is 3. The van der Waals surface area contributed by atoms with Crippen molar-refractivity contribution in [2.75, 3.05) is 0 Å². The monoisotopic (exact) mass is 181 g/mol. The van der Waals surface area contributed by atoms with Crippen LogP contribution in [0.15, 0.2) is 6.20 Å². The molecule has 1 saturated carbocycles. The Morgan fingerprint density at radius 2 is 2.46 bits per heavy atom. The highest BCUT2D eigenvalue weighted by Crippen LogP contribution is 2.41. The molecular formula is C9H15N3O. The van der Waals surface area contributed by atoms with Crippen molar-refractivity contribution in [1.29, 1.82) is 0 Å². The summed E-state index contributed by atoms with van der Waals surface area (Å²) in [6.07, 6.45) is 3.42. The van der Waals surface area contributed by atoms with Gasteiger partial charge in [0.05, 0.1) is 11.8 Å². The molecule has 1 aromatic rings. The van der Waals surface area contributed by atoms with Crippen molar-refractivity contribution in [2.45, 2.75) is 25.9 Å². The van der Waals surface area contributed by atoms with Gasteiger partial charge in [-0.2, -0.15) is 0 Å². The second-order valence-electron chi connectivity index (χ2n) is 4.03. The summed E-state index contributed by atoms with van der Waals surface area (Å²) in [5, 5.41) is 17.5. The molecule has 72 valence electrons. The second-order valence-corrected chi connectivity index (χ2v) is 4.03. The fraction of sp³-hybridized carbons (Fsp3) is 0.778. The zero-order chi connectivity index (χ0) is 9.42. The summed E-state index contributed by atoms with van der Waals surface area (Å²) in [4.78, 5) is 0. The molecule has 1 aliphatic rings. The highest BCUT2D eigenvalue weighted by Gasteiger charge is 2.38. The lowest BCUT2D eigenvalue weighted by atomic mass is 10.1. The third kappa shape index (κ3) is 1.88. The van der Waals surface area contributed by atoms with Crippen molar-refractivity contribution < 1.29 is 5.11 Å². The molecule has 0 aromatic carbocycles. The van der Waals surface area contributed by atoms with Crippen molar-refractivity contribution >= 4 is 0 Å². The minimum absolute atomic E-state index is 0.230. The van der Waals surface area contributed by atoms with Crippen LogP contribution in [0.5, 0.6) is 0 Å². The molecule has 0 spiro atoms. The van der Waals surface area contributed by atoms with E-state index in [0.717, 1.165) is 12.1 Å². The highest BCUT2D eigenvalue weighted by molar-refractivity contribution is 4.99. The average molecular weight is 181 g/mol. The molecular weight excluding hydrogens is 166 g/mol. The zero-order valence-corrected chi connectivity index (χ0v) is 8.01. The van der Waals surface area contributed by atoms with Gasteiger partial charge in [-0.15, -0.1) is 5.10 Å². The van der Waals surface area contributed by atoms with E-state index in [0.29, 0.717) is 18.3 Å². The Balaban J connectivity index is 1.91. The number of aliphatic hydroxyl groups excluding tert-OH is 1. The van der Waals surface area contributed by atoms with Gasteiger partial charge in [-0.1, -0.05) is 12.1 Å². The van der Waals surface area contributed by atoms with Crippen molar-refractivity contribution in [3.05, 3.63) is 11.9 Å². The number of aromatic nitrogens is 3. The Morgan fingerprint density at radius 1 is 1.77 bits per heavy atom. The molecule has 0 radical (unpaired) electrons. The third-order valence-corrected chi connectivity index (χ3v) is 2.73. The van der Waals surface area contributed by atoms with Crippen molar-refractivity contribution in [2.24, 2.45) is 18.9 Å². The highest BCUT2D eigenvalue weighted by atomic mass is 16.3. The fourth-order valence-corrected chi connectivity index (χ4v) is 1.74. The van der Waals surface area contributed by atoms with Crippen LogP contribution in [0.25, 0.3) is 0 Å². The molecule has 13 heavy (non-hydrogen) atoms. The van der Waals surface area contributed by atoms with Gasteiger partial charge >= 0.3 is 0 Å². The Bertz CT molecular complexity index is 297. The number of aryl methyl sites for hydroxylation is 1. The van der Waals surface area contributed by atoms with Crippen LogP contribution < -0.4 is 0 Å². The fourth-order valence-electron chi connectivity index (χ4n) is 1.74. The first-order chi connectivity index (χ1) is 6.16. The Morgan fingerprint density at radius 3 is 2.92 bits per heavy atom. The molecule has 0 saturated heterocycles. The van der Waals surface area contributed by atoms with Gasteiger partial charge in [0, 0.05) is 19.7 Å². The molecule has 0 aliphatic heterocycles. The summed E-state index contributed by atoms with van der Waals surface area (Å²) < 4.78 is 1.67. The molecule has 2 rings (SSSR count). The van der Waals surface area contributed by atoms with Crippen molar-refractivity contribution in [3.63, 3.8) is 0 Å². The predicted molar refractivity (Wildman–Crippen MR) is 48.0 cm³/mol. The van der Waals surface area contributed by atoms with E-state index in [1.807, 2.05) is 13.2 Å². The number of hydrogen-bond acceptors (Lipinski definition) is 3. The lowest BCUT2D eigenvalue weighted by Crippen LogP contribution is -2.14. The number of nitrogens with zero attached hydrogens (tertiary/aromatic N) is 3. The smallest absolute Gasteiger partial charge is 0.0852 e. The van der Waals surface area contributed by atoms with E-state index in [4.69, 9.17) is 0 Å². The summed E-state index contributed by atoms with van der Waals surface area (Å²) >= 11 is 0. The van der Waals surface area contributed by atoms with Gasteiger partial charge in [0.1, 0.15) is 0 Å². The van der Waals surface area contributed by atoms with Gasteiger partial charge in [-0.05, 0) is 18.3 Å². The summed E-state index contributed by atoms with van der Waals surface area (Å²) in [5.74, 6) is 1.17. The average Bonchev–Trinajstić information content (AvgIpc) is 2.66. The largest absolute Gasteiger partial charge is 0.392 e. The van der Waals surface area contributed by atoms with E-state index >= 15 is 0 Å². The van der Waals surface area contributed by atoms with Crippen LogP contribution >= 0.6 is 0 Å². The van der Waals surface area contributed by atoms with Crippen LogP contribution in [0, 0.1) is 11.8 Å². The van der Waals surface area contributed by atoms with Crippen molar-refractivity contribution in [1.82, 2.24) is 15.0 Å². The Hall–Kier alpha value is -0.900. The molecule has 1 aromatic heterocycles. The van der Waals surface area contributed by atoms with E-state index in [2.05, 4.69) is 17.2 Å². The van der Waals surface area contributed by atoms with Crippen LogP contribution in [0.4, 0.5) is 0 Å². The van der Waals surface area contributed by atoms with Crippen LogP contribution in [0.1, 0.15) is 19.0 Å². The quantitative estimate of drug-likeness (QED) is 0.733. The molecule has 3 unspecified atom stereocenters. The minimum Gasteiger partial charge on any atom is -0.392 e. The molecule has 1 fully saturated rings. The second kappa shape index (κ2) is 3.10. The Kier molecular flexibility index (Phi) is 2.07. The topological polar surface area (TPSA) is 50.9 Å². The molecule has 0 amide bonds. The van der Waals surface area contributed by atoms with Crippen molar-refractivity contribution in [3.8, 4) is 0 Å². The van der Waals surface area contributed by atoms with Gasteiger partial charge in [0.25, 0.3) is 0 Å². The summed E-state index contributed by atoms with van der Waals surface area (Å²) in [7, 11) is 1.84. The van der Waals surface area contributed by atoms with Crippen LogP contribution in [0.3, 0.4) is 0 Å². The minimum atomic E-state index is -0.230. The van der Waals surface area contributed by atoms with Gasteiger partial charge in [0.2, 0.25) is 0 Å². The molecule has 1 aliphatic carbocycles. The van der Waals surface area contributed by atoms with Gasteiger partial charge < -0.3 is 5.11 Å². The van der Waals surface area contributed by atoms with E-state index in [1.54, 1.807) is 4.68 Å². The lowest BCUT2D eigenvalue weighted by Gasteiger charge is -2.05. The van der Waals surface area contributed by atoms with E-state index in [1.165, 1.54) is 0 Å². The van der Waals surface area contributed by atoms with E-state index in [9.17, 15) is 5.11 Å². The normalized spacial score (nSPS) is 28.8. The van der Waals surface area contributed by atoms with Crippen LogP contribution in [0.2, 0.25) is 0 Å². The molecule has 1 heterocycles. The Labute approximate surface area is 77.6 Å². The van der Waals surface area contributed by atoms with Gasteiger partial charge in [-0.25, -0.2) is 0 Å². The first-order valence-electron chi connectivity index (χ1n) is 4.70. The first-order valence-corrected chi connectivity index (χ1v) is 4.70. The van der Waals surface area contributed by atoms with Crippen LogP contribution in [-0.2, 0) is 13.5 Å². The van der Waals surface area contributed by atoms with E-state index < -0.39 is 0 Å². The maximum Gasteiger partial charge on any atom is 0.0852 e. The summed E-state index contributed by atoms with van der Waals surface area (Å²) in [6, 6.07) is 0. The SMILES string of the molecule is CC1CC1C(O)Cc1cn(C)nn1. The lowest BCUT2D eigenvalue weighted by molar-refractivity contribution is 0.145. The standard InChI is InChI=1S/C9H15N3O/c1-6-3-8(6)9(13)4-7-5-12(2)11-10-7/h5-6,8-9,13H,3-4H2,1-2H3. The first kappa shape index (κ1) is 8.69. The number of hydrogen-bond donors (Lipinski definition) is 1. The molecule has 0 bridgehead atoms. The predicted octanol–water partition coefficient (Wildman–Crippen LogP) is 0.374. The summed E-state index contributed by atoms with van der Waals surface area (Å²) in [6.45, 7) is 2.17. The summed E-state index contributed by atoms with van der Waals surface area (Å²) in [5.41, 5.74) is 0.883. The molecule has 4 heteroatoms. The zero-order valence-electron chi connectivity index (χ0n) is 8.01. The third-order valence-electron chi connectivity index (χ3n) is 2.73. The number of aliphatic hydroxyl groups is 1. The van der Waals surface area contributed by atoms with Crippen LogP contribution in [-0.4, -0.2) is 26.2 Å². The van der Waals surface area contributed by atoms with Gasteiger partial charge in [0.15, 0.2) is 0 Å². The maximum atomic E-state index is 9.75.